The van der Waals surface area contributed by atoms with Crippen LogP contribution >= 0.6 is 0 Å². The third kappa shape index (κ3) is 5.16. The van der Waals surface area contributed by atoms with Gasteiger partial charge in [-0.2, -0.15) is 0 Å². The predicted octanol–water partition coefficient (Wildman–Crippen LogP) is 2.26. The summed E-state index contributed by atoms with van der Waals surface area (Å²) in [6.45, 7) is 6.61. The number of nitrogens with zero attached hydrogens (tertiary/aromatic N) is 4. The van der Waals surface area contributed by atoms with Crippen molar-refractivity contribution in [2.75, 3.05) is 26.8 Å². The zero-order chi connectivity index (χ0) is 22.2. The van der Waals surface area contributed by atoms with Crippen molar-refractivity contribution in [3.63, 3.8) is 0 Å². The van der Waals surface area contributed by atoms with Crippen LogP contribution in [0.5, 0.6) is 0 Å². The second kappa shape index (κ2) is 10.5. The van der Waals surface area contributed by atoms with Gasteiger partial charge < -0.3 is 15.0 Å². The molecule has 162 valence electrons. The van der Waals surface area contributed by atoms with E-state index in [4.69, 9.17) is 4.74 Å². The Labute approximate surface area is 181 Å². The first-order chi connectivity index (χ1) is 15.1. The number of para-hydroxylation sites is 1. The molecule has 3 aromatic rings. The second-order valence-electron chi connectivity index (χ2n) is 7.11. The normalized spacial score (nSPS) is 11.8. The first kappa shape index (κ1) is 22.2. The summed E-state index contributed by atoms with van der Waals surface area (Å²) in [5.74, 6) is -0.532. The molecular formula is C23H27N5O3. The van der Waals surface area contributed by atoms with Crippen molar-refractivity contribution in [3.8, 4) is 0 Å². The van der Waals surface area contributed by atoms with E-state index < -0.39 is 6.04 Å². The highest BCUT2D eigenvalue weighted by molar-refractivity contribution is 5.89. The number of carbonyl (C=O) groups excluding carboxylic acids is 2. The maximum Gasteiger partial charge on any atom is 0.247 e. The number of rotatable bonds is 10. The van der Waals surface area contributed by atoms with Crippen LogP contribution < -0.4 is 5.32 Å². The monoisotopic (exact) mass is 421 g/mol. The van der Waals surface area contributed by atoms with E-state index in [0.717, 1.165) is 16.6 Å². The maximum atomic E-state index is 13.4. The van der Waals surface area contributed by atoms with Gasteiger partial charge in [0, 0.05) is 20.2 Å². The molecule has 0 aliphatic rings. The van der Waals surface area contributed by atoms with Crippen LogP contribution in [0.15, 0.2) is 61.2 Å². The van der Waals surface area contributed by atoms with Gasteiger partial charge in [-0.15, -0.1) is 11.7 Å². The van der Waals surface area contributed by atoms with Crippen LogP contribution in [-0.2, 0) is 20.9 Å². The molecule has 0 saturated heterocycles. The largest absolute Gasteiger partial charge is 0.383 e. The van der Waals surface area contributed by atoms with Crippen LogP contribution in [0.25, 0.3) is 11.0 Å². The molecule has 1 unspecified atom stereocenters. The topological polar surface area (TPSA) is 89.4 Å². The molecule has 1 heterocycles. The average Bonchev–Trinajstić information content (AvgIpc) is 3.17. The summed E-state index contributed by atoms with van der Waals surface area (Å²) in [5.41, 5.74) is 3.14. The predicted molar refractivity (Wildman–Crippen MR) is 118 cm³/mol. The van der Waals surface area contributed by atoms with E-state index in [0.29, 0.717) is 18.7 Å². The number of amides is 2. The van der Waals surface area contributed by atoms with Crippen molar-refractivity contribution in [1.82, 2.24) is 25.2 Å². The average molecular weight is 422 g/mol. The van der Waals surface area contributed by atoms with Gasteiger partial charge in [0.15, 0.2) is 0 Å². The van der Waals surface area contributed by atoms with E-state index >= 15 is 0 Å². The lowest BCUT2D eigenvalue weighted by atomic mass is 9.98. The van der Waals surface area contributed by atoms with Crippen LogP contribution in [0.3, 0.4) is 0 Å². The molecule has 1 aromatic heterocycles. The number of hydrogen-bond acceptors (Lipinski definition) is 5. The Balaban J connectivity index is 1.94. The number of aryl methyl sites for hydroxylation is 1. The Hall–Kier alpha value is -3.52. The molecule has 2 amide bonds. The Morgan fingerprint density at radius 2 is 1.97 bits per heavy atom. The van der Waals surface area contributed by atoms with Crippen molar-refractivity contribution in [2.24, 2.45) is 0 Å². The summed E-state index contributed by atoms with van der Waals surface area (Å²) in [6, 6.07) is 14.2. The smallest absolute Gasteiger partial charge is 0.247 e. The van der Waals surface area contributed by atoms with Gasteiger partial charge in [-0.25, -0.2) is 4.68 Å². The van der Waals surface area contributed by atoms with Crippen LogP contribution in [0.4, 0.5) is 0 Å². The molecule has 8 heteroatoms. The molecule has 0 fully saturated rings. The van der Waals surface area contributed by atoms with Gasteiger partial charge in [0.25, 0.3) is 0 Å². The summed E-state index contributed by atoms with van der Waals surface area (Å²) < 4.78 is 6.59. The highest BCUT2D eigenvalue weighted by atomic mass is 16.5. The van der Waals surface area contributed by atoms with Gasteiger partial charge in [-0.3, -0.25) is 9.59 Å². The van der Waals surface area contributed by atoms with Crippen LogP contribution in [-0.4, -0.2) is 58.5 Å². The fourth-order valence-corrected chi connectivity index (χ4v) is 3.46. The minimum Gasteiger partial charge on any atom is -0.383 e. The molecule has 0 saturated carbocycles. The van der Waals surface area contributed by atoms with Crippen LogP contribution in [0, 0.1) is 6.92 Å². The van der Waals surface area contributed by atoms with Gasteiger partial charge in [0.1, 0.15) is 18.1 Å². The first-order valence-corrected chi connectivity index (χ1v) is 10.1. The van der Waals surface area contributed by atoms with Crippen molar-refractivity contribution >= 4 is 22.8 Å². The lowest BCUT2D eigenvalue weighted by molar-refractivity contribution is -0.140. The van der Waals surface area contributed by atoms with Crippen LogP contribution in [0.1, 0.15) is 17.2 Å². The molecule has 3 rings (SSSR count). The number of carbonyl (C=O) groups is 2. The number of fused-ring (bicyclic) bond motifs is 1. The zero-order valence-electron chi connectivity index (χ0n) is 17.8. The quantitative estimate of drug-likeness (QED) is 0.401. The van der Waals surface area contributed by atoms with Gasteiger partial charge in [0.2, 0.25) is 11.8 Å². The van der Waals surface area contributed by atoms with E-state index in [1.807, 2.05) is 55.5 Å². The molecule has 1 atom stereocenters. The standard InChI is InChI=1S/C23H27N5O3/c1-4-14-27(21(29)16-28-20-12-8-7-11-19(20)25-26-28)22(23(30)24-13-15-31-3)18-10-6-5-9-17(18)2/h4-12,22H,1,13-16H2,2-3H3,(H,24,30). The molecular weight excluding hydrogens is 394 g/mol. The Bertz CT molecular complexity index is 1060. The first-order valence-electron chi connectivity index (χ1n) is 10.1. The fourth-order valence-electron chi connectivity index (χ4n) is 3.46. The highest BCUT2D eigenvalue weighted by Crippen LogP contribution is 2.25. The minimum absolute atomic E-state index is 0.0396. The van der Waals surface area contributed by atoms with Crippen molar-refractivity contribution in [2.45, 2.75) is 19.5 Å². The SMILES string of the molecule is C=CCN(C(=O)Cn1nnc2ccccc21)C(C(=O)NCCOC)c1ccccc1C. The number of nitrogens with one attached hydrogen (secondary N) is 1. The van der Waals surface area contributed by atoms with E-state index in [1.165, 1.54) is 4.90 Å². The number of aromatic nitrogens is 3. The molecule has 0 aliphatic carbocycles. The molecule has 0 spiro atoms. The lowest BCUT2D eigenvalue weighted by Gasteiger charge is -2.31. The van der Waals surface area contributed by atoms with Gasteiger partial charge in [0.05, 0.1) is 12.1 Å². The number of ether oxygens (including phenoxy) is 1. The third-order valence-electron chi connectivity index (χ3n) is 5.00. The summed E-state index contributed by atoms with van der Waals surface area (Å²) >= 11 is 0. The van der Waals surface area contributed by atoms with Crippen molar-refractivity contribution in [1.29, 1.82) is 0 Å². The molecule has 0 radical (unpaired) electrons. The van der Waals surface area contributed by atoms with Gasteiger partial charge in [-0.1, -0.05) is 47.7 Å². The van der Waals surface area contributed by atoms with Crippen molar-refractivity contribution in [3.05, 3.63) is 72.3 Å². The van der Waals surface area contributed by atoms with Crippen molar-refractivity contribution < 1.29 is 14.3 Å². The zero-order valence-corrected chi connectivity index (χ0v) is 17.8. The molecule has 0 bridgehead atoms. The highest BCUT2D eigenvalue weighted by Gasteiger charge is 2.32. The minimum atomic E-state index is -0.807. The van der Waals surface area contributed by atoms with E-state index in [9.17, 15) is 9.59 Å². The number of hydrogen-bond donors (Lipinski definition) is 1. The van der Waals surface area contributed by atoms with Gasteiger partial charge >= 0.3 is 0 Å². The molecule has 31 heavy (non-hydrogen) atoms. The summed E-state index contributed by atoms with van der Waals surface area (Å²) in [4.78, 5) is 28.1. The molecule has 1 N–H and O–H groups in total. The maximum absolute atomic E-state index is 13.4. The van der Waals surface area contributed by atoms with E-state index in [2.05, 4.69) is 22.2 Å². The molecule has 8 nitrogen and oxygen atoms in total. The summed E-state index contributed by atoms with van der Waals surface area (Å²) in [6.07, 6.45) is 1.62. The Morgan fingerprint density at radius 1 is 1.23 bits per heavy atom. The second-order valence-corrected chi connectivity index (χ2v) is 7.11. The van der Waals surface area contributed by atoms with E-state index in [-0.39, 0.29) is 24.9 Å². The number of methoxy groups -OCH3 is 1. The molecule has 0 aliphatic heterocycles. The lowest BCUT2D eigenvalue weighted by Crippen LogP contribution is -2.46. The van der Waals surface area contributed by atoms with Crippen LogP contribution in [0.2, 0.25) is 0 Å². The Kier molecular flexibility index (Phi) is 7.50. The fraction of sp³-hybridized carbons (Fsp3) is 0.304. The number of benzene rings is 2. The molecule has 2 aromatic carbocycles. The summed E-state index contributed by atoms with van der Waals surface area (Å²) in [7, 11) is 1.57. The third-order valence-corrected chi connectivity index (χ3v) is 5.00. The summed E-state index contributed by atoms with van der Waals surface area (Å²) in [5, 5.41) is 11.1. The Morgan fingerprint density at radius 3 is 2.71 bits per heavy atom. The van der Waals surface area contributed by atoms with E-state index in [1.54, 1.807) is 17.9 Å². The van der Waals surface area contributed by atoms with Gasteiger partial charge in [-0.05, 0) is 30.2 Å².